The molecule has 2 rings (SSSR count). The quantitative estimate of drug-likeness (QED) is 0.670. The molecule has 0 saturated heterocycles. The Morgan fingerprint density at radius 3 is 2.70 bits per heavy atom. The van der Waals surface area contributed by atoms with Crippen molar-refractivity contribution < 1.29 is 18.7 Å². The van der Waals surface area contributed by atoms with Gasteiger partial charge in [0.25, 0.3) is 5.91 Å². The molecule has 0 aliphatic heterocycles. The molecule has 6 heteroatoms. The van der Waals surface area contributed by atoms with Crippen molar-refractivity contribution in [3.05, 3.63) is 29.1 Å². The molecule has 0 spiro atoms. The zero-order chi connectivity index (χ0) is 14.9. The zero-order valence-electron chi connectivity index (χ0n) is 11.5. The Morgan fingerprint density at radius 1 is 1.45 bits per heavy atom. The molecule has 1 saturated carbocycles. The fourth-order valence-electron chi connectivity index (χ4n) is 1.92. The van der Waals surface area contributed by atoms with Gasteiger partial charge in [-0.2, -0.15) is 0 Å². The van der Waals surface area contributed by atoms with E-state index in [0.29, 0.717) is 0 Å². The van der Waals surface area contributed by atoms with E-state index in [2.05, 4.69) is 0 Å². The second kappa shape index (κ2) is 5.48. The molecule has 20 heavy (non-hydrogen) atoms. The number of likely N-dealkylation sites (N-methyl/N-ethyl adjacent to an activating group) is 1. The van der Waals surface area contributed by atoms with E-state index in [1.54, 1.807) is 11.9 Å². The number of benzene rings is 1. The number of amides is 1. The molecule has 0 bridgehead atoms. The topological polar surface area (TPSA) is 72.6 Å². The summed E-state index contributed by atoms with van der Waals surface area (Å²) in [6, 6.07) is 2.88. The Morgan fingerprint density at radius 2 is 2.10 bits per heavy atom. The lowest BCUT2D eigenvalue weighted by molar-refractivity contribution is -0.133. The van der Waals surface area contributed by atoms with Crippen LogP contribution in [0.25, 0.3) is 0 Å². The number of nitrogen functional groups attached to an aromatic ring is 1. The fraction of sp³-hybridized carbons (Fsp3) is 0.429. The van der Waals surface area contributed by atoms with Gasteiger partial charge in [0.2, 0.25) is 0 Å². The fourth-order valence-corrected chi connectivity index (χ4v) is 1.92. The predicted octanol–water partition coefficient (Wildman–Crippen LogP) is 1.49. The molecule has 0 unspecified atom stereocenters. The van der Waals surface area contributed by atoms with Crippen LogP contribution in [0, 0.1) is 12.7 Å². The van der Waals surface area contributed by atoms with Crippen molar-refractivity contribution in [1.29, 1.82) is 0 Å². The van der Waals surface area contributed by atoms with Gasteiger partial charge in [-0.1, -0.05) is 0 Å². The number of hydrogen-bond donors (Lipinski definition) is 1. The number of halogens is 1. The molecule has 5 nitrogen and oxygen atoms in total. The Hall–Kier alpha value is -2.11. The predicted molar refractivity (Wildman–Crippen MR) is 71.6 cm³/mol. The second-order valence-electron chi connectivity index (χ2n) is 5.01. The molecule has 108 valence electrons. The molecule has 0 aromatic heterocycles. The van der Waals surface area contributed by atoms with Crippen LogP contribution in [0.2, 0.25) is 0 Å². The Labute approximate surface area is 116 Å². The number of ether oxygens (including phenoxy) is 1. The lowest BCUT2D eigenvalue weighted by Crippen LogP contribution is -2.33. The number of nitrogens with zero attached hydrogens (tertiary/aromatic N) is 1. The highest BCUT2D eigenvalue weighted by molar-refractivity contribution is 5.92. The number of esters is 1. The average Bonchev–Trinajstić information content (AvgIpc) is 3.23. The summed E-state index contributed by atoms with van der Waals surface area (Å²) >= 11 is 0. The molecule has 1 aliphatic rings. The van der Waals surface area contributed by atoms with Crippen molar-refractivity contribution >= 4 is 17.6 Å². The Bertz CT molecular complexity index is 556. The molecule has 0 atom stereocenters. The second-order valence-corrected chi connectivity index (χ2v) is 5.01. The third-order valence-electron chi connectivity index (χ3n) is 3.31. The first-order valence-corrected chi connectivity index (χ1v) is 6.38. The van der Waals surface area contributed by atoms with Crippen LogP contribution in [0.3, 0.4) is 0 Å². The van der Waals surface area contributed by atoms with Crippen LogP contribution in [0.15, 0.2) is 12.1 Å². The summed E-state index contributed by atoms with van der Waals surface area (Å²) in [5.74, 6) is -1.84. The first-order valence-electron chi connectivity index (χ1n) is 6.38. The number of rotatable bonds is 4. The average molecular weight is 280 g/mol. The van der Waals surface area contributed by atoms with Crippen molar-refractivity contribution in [3.63, 3.8) is 0 Å². The number of carbonyl (C=O) groups excluding carboxylic acids is 2. The maximum absolute atomic E-state index is 13.8. The van der Waals surface area contributed by atoms with Crippen LogP contribution < -0.4 is 5.73 Å². The largest absolute Gasteiger partial charge is 0.452 e. The standard InChI is InChI=1S/C14H17FN2O3/c1-8-5-9(16)6-11(13(8)15)14(19)20-7-12(18)17(2)10-3-4-10/h5-6,10H,3-4,7,16H2,1-2H3. The van der Waals surface area contributed by atoms with Gasteiger partial charge in [0.05, 0.1) is 5.56 Å². The smallest absolute Gasteiger partial charge is 0.341 e. The molecule has 1 aromatic rings. The van der Waals surface area contributed by atoms with E-state index in [4.69, 9.17) is 10.5 Å². The van der Waals surface area contributed by atoms with Crippen molar-refractivity contribution in [1.82, 2.24) is 4.90 Å². The van der Waals surface area contributed by atoms with Crippen LogP contribution in [0.4, 0.5) is 10.1 Å². The zero-order valence-corrected chi connectivity index (χ0v) is 11.5. The van der Waals surface area contributed by atoms with Crippen molar-refractivity contribution in [3.8, 4) is 0 Å². The van der Waals surface area contributed by atoms with Crippen molar-refractivity contribution in [2.45, 2.75) is 25.8 Å². The normalized spacial score (nSPS) is 13.9. The highest BCUT2D eigenvalue weighted by Crippen LogP contribution is 2.25. The van der Waals surface area contributed by atoms with Crippen LogP contribution in [0.5, 0.6) is 0 Å². The SMILES string of the molecule is Cc1cc(N)cc(C(=O)OCC(=O)N(C)C2CC2)c1F. The van der Waals surface area contributed by atoms with E-state index in [1.165, 1.54) is 19.1 Å². The maximum Gasteiger partial charge on any atom is 0.341 e. The number of anilines is 1. The third kappa shape index (κ3) is 3.07. The summed E-state index contributed by atoms with van der Waals surface area (Å²) < 4.78 is 18.7. The summed E-state index contributed by atoms with van der Waals surface area (Å²) in [5, 5.41) is 0. The van der Waals surface area contributed by atoms with E-state index in [-0.39, 0.29) is 35.4 Å². The third-order valence-corrected chi connectivity index (χ3v) is 3.31. The van der Waals surface area contributed by atoms with Crippen LogP contribution in [-0.2, 0) is 9.53 Å². The highest BCUT2D eigenvalue weighted by Gasteiger charge is 2.30. The van der Waals surface area contributed by atoms with Crippen molar-refractivity contribution in [2.75, 3.05) is 19.4 Å². The maximum atomic E-state index is 13.8. The minimum atomic E-state index is -0.879. The summed E-state index contributed by atoms with van der Waals surface area (Å²) in [6.45, 7) is 1.12. The van der Waals surface area contributed by atoms with Gasteiger partial charge in [-0.3, -0.25) is 4.79 Å². The molecule has 0 heterocycles. The Kier molecular flexibility index (Phi) is 3.92. The molecule has 1 fully saturated rings. The first-order chi connectivity index (χ1) is 9.40. The molecule has 1 aliphatic carbocycles. The molecular weight excluding hydrogens is 263 g/mol. The van der Waals surface area contributed by atoms with Crippen molar-refractivity contribution in [2.24, 2.45) is 0 Å². The van der Waals surface area contributed by atoms with Crippen LogP contribution in [0.1, 0.15) is 28.8 Å². The van der Waals surface area contributed by atoms with Crippen LogP contribution in [-0.4, -0.2) is 36.5 Å². The van der Waals surface area contributed by atoms with E-state index >= 15 is 0 Å². The molecule has 1 amide bonds. The van der Waals surface area contributed by atoms with Crippen LogP contribution >= 0.6 is 0 Å². The van der Waals surface area contributed by atoms with E-state index < -0.39 is 11.8 Å². The summed E-state index contributed by atoms with van der Waals surface area (Å²) in [6.07, 6.45) is 1.94. The van der Waals surface area contributed by atoms with E-state index in [0.717, 1.165) is 12.8 Å². The lowest BCUT2D eigenvalue weighted by Gasteiger charge is -2.16. The molecule has 1 aromatic carbocycles. The number of nitrogens with two attached hydrogens (primary N) is 1. The summed E-state index contributed by atoms with van der Waals surface area (Å²) in [4.78, 5) is 25.1. The van der Waals surface area contributed by atoms with Gasteiger partial charge in [-0.25, -0.2) is 9.18 Å². The van der Waals surface area contributed by atoms with E-state index in [1.807, 2.05) is 0 Å². The number of carbonyl (C=O) groups is 2. The van der Waals surface area contributed by atoms with E-state index in [9.17, 15) is 14.0 Å². The summed E-state index contributed by atoms with van der Waals surface area (Å²) in [7, 11) is 1.67. The Balaban J connectivity index is 2.00. The van der Waals surface area contributed by atoms with Gasteiger partial charge in [0, 0.05) is 18.8 Å². The minimum absolute atomic E-state index is 0.243. The number of aryl methyl sites for hydroxylation is 1. The van der Waals surface area contributed by atoms with Gasteiger partial charge in [-0.05, 0) is 37.5 Å². The molecular formula is C14H17FN2O3. The van der Waals surface area contributed by atoms with Gasteiger partial charge >= 0.3 is 5.97 Å². The number of hydrogen-bond acceptors (Lipinski definition) is 4. The van der Waals surface area contributed by atoms with Gasteiger partial charge in [0.1, 0.15) is 5.82 Å². The van der Waals surface area contributed by atoms with Gasteiger partial charge < -0.3 is 15.4 Å². The lowest BCUT2D eigenvalue weighted by atomic mass is 10.1. The first kappa shape index (κ1) is 14.3. The summed E-state index contributed by atoms with van der Waals surface area (Å²) in [5.41, 5.74) is 5.86. The minimum Gasteiger partial charge on any atom is -0.452 e. The molecule has 0 radical (unpaired) electrons. The molecule has 2 N–H and O–H groups in total. The van der Waals surface area contributed by atoms with Gasteiger partial charge in [-0.15, -0.1) is 0 Å². The van der Waals surface area contributed by atoms with Gasteiger partial charge in [0.15, 0.2) is 6.61 Å². The monoisotopic (exact) mass is 280 g/mol. The highest BCUT2D eigenvalue weighted by atomic mass is 19.1.